The monoisotopic (exact) mass is 290 g/mol. The number of aryl methyl sites for hydroxylation is 1. The smallest absolute Gasteiger partial charge is 0.241 e. The summed E-state index contributed by atoms with van der Waals surface area (Å²) in [6.45, 7) is -0.614. The van der Waals surface area contributed by atoms with Crippen LogP contribution in [0, 0.1) is 6.92 Å². The minimum atomic E-state index is -3.99. The molecule has 19 heavy (non-hydrogen) atoms. The lowest BCUT2D eigenvalue weighted by Crippen LogP contribution is -2.56. The van der Waals surface area contributed by atoms with E-state index >= 15 is 0 Å². The summed E-state index contributed by atoms with van der Waals surface area (Å²) in [6.07, 6.45) is 0. The van der Waals surface area contributed by atoms with Crippen molar-refractivity contribution < 1.29 is 23.7 Å². The van der Waals surface area contributed by atoms with Crippen LogP contribution in [0.3, 0.4) is 0 Å². The van der Waals surface area contributed by atoms with Gasteiger partial charge >= 0.3 is 0 Å². The van der Waals surface area contributed by atoms with E-state index in [1.165, 1.54) is 18.2 Å². The fourth-order valence-electron chi connectivity index (χ4n) is 1.56. The molecule has 0 spiro atoms. The van der Waals surface area contributed by atoms with Gasteiger partial charge < -0.3 is 21.1 Å². The van der Waals surface area contributed by atoms with Crippen molar-refractivity contribution in [1.29, 1.82) is 0 Å². The molecule has 0 amide bonds. The number of hydrogen-bond acceptors (Lipinski definition) is 6. The Morgan fingerprint density at radius 2 is 1.74 bits per heavy atom. The molecular formula is C11H18N2O5S. The Morgan fingerprint density at radius 1 is 1.21 bits per heavy atom. The van der Waals surface area contributed by atoms with Crippen molar-refractivity contribution in [3.8, 4) is 0 Å². The van der Waals surface area contributed by atoms with Gasteiger partial charge in [-0.05, 0) is 30.7 Å². The molecule has 6 N–H and O–H groups in total. The van der Waals surface area contributed by atoms with Crippen molar-refractivity contribution >= 4 is 15.7 Å². The minimum Gasteiger partial charge on any atom is -0.399 e. The number of benzene rings is 1. The van der Waals surface area contributed by atoms with Crippen molar-refractivity contribution in [2.75, 3.05) is 25.6 Å². The molecule has 0 fully saturated rings. The Kier molecular flexibility index (Phi) is 4.88. The van der Waals surface area contributed by atoms with Crippen molar-refractivity contribution in [2.45, 2.75) is 17.4 Å². The van der Waals surface area contributed by atoms with Gasteiger partial charge in [0.1, 0.15) is 5.54 Å². The van der Waals surface area contributed by atoms with E-state index in [-0.39, 0.29) is 4.90 Å². The average Bonchev–Trinajstić information content (AvgIpc) is 2.35. The number of rotatable bonds is 6. The lowest BCUT2D eigenvalue weighted by molar-refractivity contribution is 0.0582. The summed E-state index contributed by atoms with van der Waals surface area (Å²) in [5.41, 5.74) is 4.69. The molecule has 0 aliphatic carbocycles. The number of anilines is 1. The summed E-state index contributed by atoms with van der Waals surface area (Å²) in [4.78, 5) is -0.0265. The third kappa shape index (κ3) is 3.43. The predicted octanol–water partition coefficient (Wildman–Crippen LogP) is -1.43. The molecule has 0 saturated carbocycles. The standard InChI is InChI=1S/C11H18N2O5S/c1-8-4-9(12)2-3-10(8)19(17,18)13-11(5-14,6-15)7-16/h2-4,13-16H,5-7,12H2,1H3. The van der Waals surface area contributed by atoms with E-state index in [1.54, 1.807) is 6.92 Å². The first-order valence-electron chi connectivity index (χ1n) is 5.53. The number of nitrogens with one attached hydrogen (secondary N) is 1. The number of nitrogen functional groups attached to an aromatic ring is 1. The maximum Gasteiger partial charge on any atom is 0.241 e. The fourth-order valence-corrected chi connectivity index (χ4v) is 3.16. The highest BCUT2D eigenvalue weighted by molar-refractivity contribution is 7.89. The largest absolute Gasteiger partial charge is 0.399 e. The quantitative estimate of drug-likeness (QED) is 0.408. The van der Waals surface area contributed by atoms with Gasteiger partial charge in [-0.2, -0.15) is 4.72 Å². The van der Waals surface area contributed by atoms with E-state index in [4.69, 9.17) is 21.1 Å². The molecule has 0 saturated heterocycles. The van der Waals surface area contributed by atoms with Crippen molar-refractivity contribution in [1.82, 2.24) is 4.72 Å². The van der Waals surface area contributed by atoms with Gasteiger partial charge in [0.25, 0.3) is 0 Å². The lowest BCUT2D eigenvalue weighted by atomic mass is 10.1. The molecule has 1 aromatic rings. The zero-order valence-electron chi connectivity index (χ0n) is 10.5. The first kappa shape index (κ1) is 15.9. The molecule has 8 heteroatoms. The Hall–Kier alpha value is -1.19. The molecular weight excluding hydrogens is 272 g/mol. The summed E-state index contributed by atoms with van der Waals surface area (Å²) >= 11 is 0. The molecule has 1 aromatic carbocycles. The summed E-state index contributed by atoms with van der Waals surface area (Å²) in [6, 6.07) is 4.25. The van der Waals surface area contributed by atoms with Crippen LogP contribution >= 0.6 is 0 Å². The number of sulfonamides is 1. The van der Waals surface area contributed by atoms with Gasteiger partial charge in [-0.1, -0.05) is 0 Å². The van der Waals surface area contributed by atoms with Crippen LogP contribution in [0.15, 0.2) is 23.1 Å². The molecule has 0 atom stereocenters. The molecule has 0 aliphatic heterocycles. The van der Waals surface area contributed by atoms with E-state index in [1.807, 2.05) is 0 Å². The highest BCUT2D eigenvalue weighted by Crippen LogP contribution is 2.19. The number of aliphatic hydroxyl groups is 3. The van der Waals surface area contributed by atoms with Gasteiger partial charge in [-0.25, -0.2) is 8.42 Å². The van der Waals surface area contributed by atoms with Crippen molar-refractivity contribution in [3.63, 3.8) is 0 Å². The van der Waals surface area contributed by atoms with Crippen LogP contribution < -0.4 is 10.5 Å². The van der Waals surface area contributed by atoms with Crippen LogP contribution in [-0.2, 0) is 10.0 Å². The zero-order chi connectivity index (χ0) is 14.7. The molecule has 0 bridgehead atoms. The summed E-state index contributed by atoms with van der Waals surface area (Å²) in [5.74, 6) is 0. The first-order valence-corrected chi connectivity index (χ1v) is 7.01. The van der Waals surface area contributed by atoms with E-state index in [0.717, 1.165) is 0 Å². The molecule has 1 rings (SSSR count). The van der Waals surface area contributed by atoms with Crippen LogP contribution in [-0.4, -0.2) is 49.1 Å². The second kappa shape index (κ2) is 5.85. The average molecular weight is 290 g/mol. The second-order valence-electron chi connectivity index (χ2n) is 4.39. The van der Waals surface area contributed by atoms with E-state index in [9.17, 15) is 8.42 Å². The summed E-state index contributed by atoms with van der Waals surface area (Å²) < 4.78 is 26.5. The predicted molar refractivity (Wildman–Crippen MR) is 69.9 cm³/mol. The SMILES string of the molecule is Cc1cc(N)ccc1S(=O)(=O)NC(CO)(CO)CO. The molecule has 0 aromatic heterocycles. The minimum absolute atomic E-state index is 0.0265. The van der Waals surface area contributed by atoms with Crippen LogP contribution in [0.25, 0.3) is 0 Å². The lowest BCUT2D eigenvalue weighted by Gasteiger charge is -2.28. The highest BCUT2D eigenvalue weighted by Gasteiger charge is 2.34. The fraction of sp³-hybridized carbons (Fsp3) is 0.455. The van der Waals surface area contributed by atoms with E-state index in [2.05, 4.69) is 4.72 Å². The highest BCUT2D eigenvalue weighted by atomic mass is 32.2. The van der Waals surface area contributed by atoms with Gasteiger partial charge in [0.2, 0.25) is 10.0 Å². The molecule has 0 aliphatic rings. The summed E-state index contributed by atoms with van der Waals surface area (Å²) in [7, 11) is -3.99. The van der Waals surface area contributed by atoms with Crippen LogP contribution in [0.4, 0.5) is 5.69 Å². The van der Waals surface area contributed by atoms with Crippen LogP contribution in [0.2, 0.25) is 0 Å². The van der Waals surface area contributed by atoms with Gasteiger partial charge in [-0.3, -0.25) is 0 Å². The van der Waals surface area contributed by atoms with Crippen LogP contribution in [0.5, 0.6) is 0 Å². The van der Waals surface area contributed by atoms with E-state index in [0.29, 0.717) is 11.3 Å². The van der Waals surface area contributed by atoms with Crippen LogP contribution in [0.1, 0.15) is 5.56 Å². The van der Waals surface area contributed by atoms with Crippen molar-refractivity contribution in [2.24, 2.45) is 0 Å². The Labute approximate surface area is 111 Å². The topological polar surface area (TPSA) is 133 Å². The molecule has 7 nitrogen and oxygen atoms in total. The van der Waals surface area contributed by atoms with Gasteiger partial charge in [-0.15, -0.1) is 0 Å². The molecule has 108 valence electrons. The number of nitrogens with two attached hydrogens (primary N) is 1. The molecule has 0 radical (unpaired) electrons. The Balaban J connectivity index is 3.17. The third-order valence-corrected chi connectivity index (χ3v) is 4.49. The second-order valence-corrected chi connectivity index (χ2v) is 6.04. The number of hydrogen-bond donors (Lipinski definition) is 5. The maximum absolute atomic E-state index is 12.2. The summed E-state index contributed by atoms with van der Waals surface area (Å²) in [5, 5.41) is 27.4. The zero-order valence-corrected chi connectivity index (χ0v) is 11.3. The number of aliphatic hydroxyl groups excluding tert-OH is 3. The normalized spacial score (nSPS) is 12.6. The molecule has 0 unspecified atom stereocenters. The third-order valence-electron chi connectivity index (χ3n) is 2.75. The van der Waals surface area contributed by atoms with Gasteiger partial charge in [0, 0.05) is 5.69 Å². The first-order chi connectivity index (χ1) is 8.80. The maximum atomic E-state index is 12.2. The van der Waals surface area contributed by atoms with Crippen molar-refractivity contribution in [3.05, 3.63) is 23.8 Å². The molecule has 0 heterocycles. The Bertz CT molecular complexity index is 532. The van der Waals surface area contributed by atoms with Gasteiger partial charge in [0.15, 0.2) is 0 Å². The van der Waals surface area contributed by atoms with E-state index < -0.39 is 35.4 Å². The van der Waals surface area contributed by atoms with Gasteiger partial charge in [0.05, 0.1) is 24.7 Å². The Morgan fingerprint density at radius 3 is 2.16 bits per heavy atom.